The first-order valence-electron chi connectivity index (χ1n) is 6.49. The number of amides is 2. The van der Waals surface area contributed by atoms with Crippen molar-refractivity contribution in [2.24, 2.45) is 5.92 Å². The van der Waals surface area contributed by atoms with Crippen molar-refractivity contribution in [3.63, 3.8) is 0 Å². The Morgan fingerprint density at radius 1 is 1.29 bits per heavy atom. The van der Waals surface area contributed by atoms with E-state index in [0.717, 1.165) is 6.42 Å². The first-order chi connectivity index (χ1) is 9.88. The number of urea groups is 1. The summed E-state index contributed by atoms with van der Waals surface area (Å²) < 4.78 is 4.70. The Balaban J connectivity index is 2.73. The van der Waals surface area contributed by atoms with E-state index in [-0.39, 0.29) is 5.92 Å². The molecule has 0 saturated heterocycles. The fraction of sp³-hybridized carbons (Fsp3) is 0.429. The number of hydrogen-bond acceptors (Lipinski definition) is 3. The molecule has 0 heterocycles. The van der Waals surface area contributed by atoms with Crippen LogP contribution in [-0.2, 0) is 9.53 Å². The Labute approximate surface area is 133 Å². The predicted molar refractivity (Wildman–Crippen MR) is 83.9 cm³/mol. The maximum Gasteiger partial charge on any atom is 0.328 e. The van der Waals surface area contributed by atoms with E-state index in [4.69, 9.17) is 27.9 Å². The van der Waals surface area contributed by atoms with Gasteiger partial charge in [-0.05, 0) is 24.1 Å². The number of carbonyl (C=O) groups is 2. The van der Waals surface area contributed by atoms with E-state index >= 15 is 0 Å². The summed E-state index contributed by atoms with van der Waals surface area (Å²) in [5.74, 6) is -0.523. The quantitative estimate of drug-likeness (QED) is 0.808. The van der Waals surface area contributed by atoms with Crippen LogP contribution >= 0.6 is 23.2 Å². The van der Waals surface area contributed by atoms with Crippen LogP contribution in [0.4, 0.5) is 10.5 Å². The van der Waals surface area contributed by atoms with Gasteiger partial charge in [0.25, 0.3) is 0 Å². The predicted octanol–water partition coefficient (Wildman–Crippen LogP) is 3.70. The molecule has 5 nitrogen and oxygen atoms in total. The van der Waals surface area contributed by atoms with Crippen LogP contribution in [0, 0.1) is 5.92 Å². The summed E-state index contributed by atoms with van der Waals surface area (Å²) in [4.78, 5) is 23.6. The van der Waals surface area contributed by atoms with Gasteiger partial charge in [-0.3, -0.25) is 0 Å². The Bertz CT molecular complexity index is 523. The summed E-state index contributed by atoms with van der Waals surface area (Å²) in [6.45, 7) is 3.79. The highest BCUT2D eigenvalue weighted by Crippen LogP contribution is 2.25. The van der Waals surface area contributed by atoms with Gasteiger partial charge in [0.2, 0.25) is 0 Å². The van der Waals surface area contributed by atoms with Crippen LogP contribution in [0.3, 0.4) is 0 Å². The maximum absolute atomic E-state index is 12.0. The second kappa shape index (κ2) is 8.10. The van der Waals surface area contributed by atoms with Crippen LogP contribution in [0.2, 0.25) is 10.0 Å². The van der Waals surface area contributed by atoms with Crippen LogP contribution in [0.5, 0.6) is 0 Å². The summed E-state index contributed by atoms with van der Waals surface area (Å²) in [5.41, 5.74) is 0.481. The second-order valence-electron chi connectivity index (χ2n) is 4.61. The van der Waals surface area contributed by atoms with Crippen molar-refractivity contribution in [3.8, 4) is 0 Å². The smallest absolute Gasteiger partial charge is 0.328 e. The van der Waals surface area contributed by atoms with E-state index in [1.54, 1.807) is 12.1 Å². The lowest BCUT2D eigenvalue weighted by atomic mass is 9.99. The monoisotopic (exact) mass is 332 g/mol. The maximum atomic E-state index is 12.0. The molecule has 0 radical (unpaired) electrons. The largest absolute Gasteiger partial charge is 0.467 e. The van der Waals surface area contributed by atoms with Gasteiger partial charge in [-0.15, -0.1) is 0 Å². The van der Waals surface area contributed by atoms with Gasteiger partial charge in [0, 0.05) is 5.69 Å². The minimum atomic E-state index is -0.706. The Morgan fingerprint density at radius 2 is 1.95 bits per heavy atom. The molecule has 0 unspecified atom stereocenters. The fourth-order valence-electron chi connectivity index (χ4n) is 1.68. The number of benzene rings is 1. The third-order valence-corrected chi connectivity index (χ3v) is 3.87. The van der Waals surface area contributed by atoms with Gasteiger partial charge >= 0.3 is 12.0 Å². The summed E-state index contributed by atoms with van der Waals surface area (Å²) in [5, 5.41) is 5.93. The van der Waals surface area contributed by atoms with E-state index in [9.17, 15) is 9.59 Å². The molecule has 1 aromatic rings. The molecule has 0 bridgehead atoms. The molecule has 0 aliphatic heterocycles. The zero-order chi connectivity index (χ0) is 16.0. The molecule has 1 aromatic carbocycles. The fourth-order valence-corrected chi connectivity index (χ4v) is 1.98. The topological polar surface area (TPSA) is 67.4 Å². The number of carbonyl (C=O) groups excluding carboxylic acids is 2. The first kappa shape index (κ1) is 17.6. The molecule has 116 valence electrons. The van der Waals surface area contributed by atoms with Crippen LogP contribution in [-0.4, -0.2) is 25.2 Å². The normalized spacial score (nSPS) is 13.2. The van der Waals surface area contributed by atoms with Crippen molar-refractivity contribution in [1.29, 1.82) is 0 Å². The molecule has 0 aromatic heterocycles. The minimum Gasteiger partial charge on any atom is -0.467 e. The third kappa shape index (κ3) is 5.10. The van der Waals surface area contributed by atoms with Crippen LogP contribution in [0.25, 0.3) is 0 Å². The molecule has 0 aliphatic carbocycles. The molecule has 21 heavy (non-hydrogen) atoms. The molecule has 2 atom stereocenters. The van der Waals surface area contributed by atoms with Gasteiger partial charge < -0.3 is 15.4 Å². The molecule has 0 saturated carbocycles. The van der Waals surface area contributed by atoms with Crippen molar-refractivity contribution in [2.75, 3.05) is 12.4 Å². The number of esters is 1. The number of anilines is 1. The van der Waals surface area contributed by atoms with E-state index < -0.39 is 18.0 Å². The number of rotatable bonds is 5. The number of halogens is 2. The summed E-state index contributed by atoms with van der Waals surface area (Å²) >= 11 is 11.7. The Morgan fingerprint density at radius 3 is 2.48 bits per heavy atom. The molecule has 2 amide bonds. The van der Waals surface area contributed by atoms with Crippen molar-refractivity contribution < 1.29 is 14.3 Å². The number of ether oxygens (including phenoxy) is 1. The number of hydrogen-bond donors (Lipinski definition) is 2. The van der Waals surface area contributed by atoms with E-state index in [1.165, 1.54) is 13.2 Å². The zero-order valence-corrected chi connectivity index (χ0v) is 13.6. The van der Waals surface area contributed by atoms with Crippen molar-refractivity contribution in [3.05, 3.63) is 28.2 Å². The van der Waals surface area contributed by atoms with Crippen LogP contribution in [0.15, 0.2) is 18.2 Å². The van der Waals surface area contributed by atoms with Crippen LogP contribution in [0.1, 0.15) is 20.3 Å². The van der Waals surface area contributed by atoms with Crippen LogP contribution < -0.4 is 10.6 Å². The van der Waals surface area contributed by atoms with Crippen molar-refractivity contribution in [1.82, 2.24) is 5.32 Å². The highest BCUT2D eigenvalue weighted by atomic mass is 35.5. The first-order valence-corrected chi connectivity index (χ1v) is 7.25. The molecular formula is C14H18Cl2N2O3. The lowest BCUT2D eigenvalue weighted by molar-refractivity contribution is -0.144. The molecule has 0 fully saturated rings. The lowest BCUT2D eigenvalue weighted by Gasteiger charge is -2.22. The summed E-state index contributed by atoms with van der Waals surface area (Å²) in [6, 6.07) is 3.50. The van der Waals surface area contributed by atoms with Gasteiger partial charge in [0.05, 0.1) is 17.2 Å². The third-order valence-electron chi connectivity index (χ3n) is 3.13. The molecular weight excluding hydrogens is 315 g/mol. The van der Waals surface area contributed by atoms with Gasteiger partial charge in [-0.25, -0.2) is 9.59 Å². The standard InChI is InChI=1S/C14H18Cl2N2O3/c1-4-8(2)12(13(19)21-3)18-14(20)17-9-5-6-10(15)11(16)7-9/h5-8,12H,4H2,1-3H3,(H2,17,18,20)/t8-,12+/m0/s1. The van der Waals surface area contributed by atoms with Gasteiger partial charge in [-0.2, -0.15) is 0 Å². The van der Waals surface area contributed by atoms with Crippen molar-refractivity contribution in [2.45, 2.75) is 26.3 Å². The summed E-state index contributed by atoms with van der Waals surface area (Å²) in [6.07, 6.45) is 0.729. The zero-order valence-electron chi connectivity index (χ0n) is 12.1. The minimum absolute atomic E-state index is 0.0444. The highest BCUT2D eigenvalue weighted by Gasteiger charge is 2.26. The van der Waals surface area contributed by atoms with Crippen molar-refractivity contribution >= 4 is 40.9 Å². The lowest BCUT2D eigenvalue weighted by Crippen LogP contribution is -2.47. The molecule has 1 rings (SSSR count). The Hall–Kier alpha value is -1.46. The van der Waals surface area contributed by atoms with E-state index in [0.29, 0.717) is 15.7 Å². The van der Waals surface area contributed by atoms with E-state index in [1.807, 2.05) is 13.8 Å². The second-order valence-corrected chi connectivity index (χ2v) is 5.43. The van der Waals surface area contributed by atoms with Gasteiger partial charge in [0.15, 0.2) is 0 Å². The SMILES string of the molecule is CC[C@H](C)[C@@H](NC(=O)Nc1ccc(Cl)c(Cl)c1)C(=O)OC. The number of nitrogens with one attached hydrogen (secondary N) is 2. The average Bonchev–Trinajstić information content (AvgIpc) is 2.47. The Kier molecular flexibility index (Phi) is 6.78. The van der Waals surface area contributed by atoms with E-state index in [2.05, 4.69) is 10.6 Å². The highest BCUT2D eigenvalue weighted by molar-refractivity contribution is 6.42. The molecule has 7 heteroatoms. The average molecular weight is 333 g/mol. The summed E-state index contributed by atoms with van der Waals surface area (Å²) in [7, 11) is 1.29. The number of methoxy groups -OCH3 is 1. The molecule has 0 spiro atoms. The molecule has 0 aliphatic rings. The molecule has 2 N–H and O–H groups in total. The van der Waals surface area contributed by atoms with Gasteiger partial charge in [-0.1, -0.05) is 43.5 Å². The van der Waals surface area contributed by atoms with Gasteiger partial charge in [0.1, 0.15) is 6.04 Å².